The number of carbonyl (C=O) groups excluding carboxylic acids is 3. The Morgan fingerprint density at radius 2 is 1.62 bits per heavy atom. The maximum Gasteiger partial charge on any atom is 0.328 e. The van der Waals surface area contributed by atoms with Crippen LogP contribution in [0.25, 0.3) is 10.9 Å². The average Bonchev–Trinajstić information content (AvgIpc) is 3.21. The predicted octanol–water partition coefficient (Wildman–Crippen LogP) is -2.12. The fraction of sp³-hybridized carbons (Fsp3) is 0.429. The van der Waals surface area contributed by atoms with E-state index >= 15 is 0 Å². The number of hydrogen-bond acceptors (Lipinski definition) is 8. The summed E-state index contributed by atoms with van der Waals surface area (Å²) < 4.78 is 0. The summed E-state index contributed by atoms with van der Waals surface area (Å²) in [5.74, 6) is -3.98. The summed E-state index contributed by atoms with van der Waals surface area (Å²) in [4.78, 5) is 52.2. The fourth-order valence-electron chi connectivity index (χ4n) is 3.14. The molecule has 0 aliphatic heterocycles. The van der Waals surface area contributed by atoms with E-state index < -0.39 is 60.6 Å². The van der Waals surface area contributed by atoms with Gasteiger partial charge in [-0.15, -0.1) is 0 Å². The van der Waals surface area contributed by atoms with Crippen molar-refractivity contribution in [2.45, 2.75) is 43.6 Å². The van der Waals surface area contributed by atoms with Crippen LogP contribution in [0.1, 0.15) is 12.5 Å². The van der Waals surface area contributed by atoms with Crippen LogP contribution in [-0.4, -0.2) is 86.6 Å². The Balaban J connectivity index is 2.25. The van der Waals surface area contributed by atoms with Crippen molar-refractivity contribution in [1.29, 1.82) is 0 Å². The molecule has 13 heteroatoms. The van der Waals surface area contributed by atoms with Crippen LogP contribution in [0, 0.1) is 0 Å². The highest BCUT2D eigenvalue weighted by atomic mass is 32.1. The predicted molar refractivity (Wildman–Crippen MR) is 126 cm³/mol. The van der Waals surface area contributed by atoms with Crippen LogP contribution in [0.3, 0.4) is 0 Å². The summed E-state index contributed by atoms with van der Waals surface area (Å²) in [5, 5.41) is 35.7. The number of amides is 3. The minimum atomic E-state index is -1.57. The molecule has 2 aromatic rings. The van der Waals surface area contributed by atoms with Crippen molar-refractivity contribution in [1.82, 2.24) is 20.9 Å². The molecule has 12 nitrogen and oxygen atoms in total. The highest BCUT2D eigenvalue weighted by Crippen LogP contribution is 2.19. The van der Waals surface area contributed by atoms with Gasteiger partial charge < -0.3 is 42.0 Å². The molecular formula is C21H29N5O7S. The van der Waals surface area contributed by atoms with Crippen LogP contribution in [-0.2, 0) is 25.6 Å². The van der Waals surface area contributed by atoms with E-state index in [0.717, 1.165) is 10.9 Å². The van der Waals surface area contributed by atoms with Crippen molar-refractivity contribution in [2.75, 3.05) is 12.4 Å². The second-order valence-corrected chi connectivity index (χ2v) is 8.08. The molecule has 0 saturated heterocycles. The molecule has 3 amide bonds. The van der Waals surface area contributed by atoms with Crippen molar-refractivity contribution in [3.05, 3.63) is 36.0 Å². The van der Waals surface area contributed by atoms with Gasteiger partial charge in [0.05, 0.1) is 12.7 Å². The number of aromatic amines is 1. The topological polar surface area (TPSA) is 207 Å². The van der Waals surface area contributed by atoms with E-state index in [-0.39, 0.29) is 12.2 Å². The third-order valence-electron chi connectivity index (χ3n) is 5.17. The molecule has 1 heterocycles. The van der Waals surface area contributed by atoms with Crippen molar-refractivity contribution in [3.8, 4) is 0 Å². The van der Waals surface area contributed by atoms with Crippen LogP contribution in [0.15, 0.2) is 30.5 Å². The quantitative estimate of drug-likeness (QED) is 0.148. The monoisotopic (exact) mass is 495 g/mol. The van der Waals surface area contributed by atoms with Crippen molar-refractivity contribution in [3.63, 3.8) is 0 Å². The highest BCUT2D eigenvalue weighted by molar-refractivity contribution is 7.80. The first-order valence-corrected chi connectivity index (χ1v) is 11.1. The molecule has 0 fully saturated rings. The maximum absolute atomic E-state index is 12.9. The second kappa shape index (κ2) is 12.4. The first-order chi connectivity index (χ1) is 16.1. The highest BCUT2D eigenvalue weighted by Gasteiger charge is 2.31. The van der Waals surface area contributed by atoms with Gasteiger partial charge in [-0.1, -0.05) is 18.2 Å². The van der Waals surface area contributed by atoms with E-state index in [4.69, 9.17) is 10.8 Å². The number of aromatic nitrogens is 1. The first kappa shape index (κ1) is 27.1. The average molecular weight is 496 g/mol. The number of aliphatic hydroxyl groups is 2. The Morgan fingerprint density at radius 1 is 1.03 bits per heavy atom. The lowest BCUT2D eigenvalue weighted by molar-refractivity contribution is -0.143. The largest absolute Gasteiger partial charge is 0.480 e. The second-order valence-electron chi connectivity index (χ2n) is 7.72. The number of nitrogens with two attached hydrogens (primary N) is 1. The number of carbonyl (C=O) groups is 4. The Morgan fingerprint density at radius 3 is 2.21 bits per heavy atom. The normalized spacial score (nSPS) is 15.6. The van der Waals surface area contributed by atoms with Gasteiger partial charge in [0.1, 0.15) is 24.2 Å². The maximum atomic E-state index is 12.9. The molecule has 9 N–H and O–H groups in total. The van der Waals surface area contributed by atoms with Crippen LogP contribution in [0.4, 0.5) is 0 Å². The number of carboxylic acids is 1. The number of aliphatic carboxylic acids is 1. The van der Waals surface area contributed by atoms with E-state index in [0.29, 0.717) is 5.56 Å². The Bertz CT molecular complexity index is 1030. The number of aliphatic hydroxyl groups excluding tert-OH is 2. The zero-order valence-electron chi connectivity index (χ0n) is 18.4. The zero-order valence-corrected chi connectivity index (χ0v) is 19.3. The van der Waals surface area contributed by atoms with E-state index in [1.54, 1.807) is 12.3 Å². The molecule has 186 valence electrons. The minimum Gasteiger partial charge on any atom is -0.480 e. The van der Waals surface area contributed by atoms with Crippen molar-refractivity contribution in [2.24, 2.45) is 5.73 Å². The zero-order chi connectivity index (χ0) is 25.4. The van der Waals surface area contributed by atoms with Crippen molar-refractivity contribution < 1.29 is 34.5 Å². The molecule has 0 spiro atoms. The number of fused-ring (bicyclic) bond motifs is 1. The summed E-state index contributed by atoms with van der Waals surface area (Å²) >= 11 is 4.06. The van der Waals surface area contributed by atoms with E-state index in [9.17, 15) is 29.4 Å². The van der Waals surface area contributed by atoms with E-state index in [2.05, 4.69) is 33.6 Å². The molecule has 0 bridgehead atoms. The lowest BCUT2D eigenvalue weighted by atomic mass is 10.0. The SMILES string of the molecule is CC(O)C(N)C(=O)NC(CS)C(=O)NC(Cc1c[nH]c2ccccc12)C(=O)NC(CO)C(=O)O. The standard InChI is InChI=1S/C21H29N5O7S/c1-10(28)17(22)20(31)26-16(9-34)19(30)24-14(18(29)25-15(8-27)21(32)33)6-11-7-23-13-5-3-2-4-12(11)13/h2-5,7,10,14-17,23,27-28,34H,6,8-9,22H2,1H3,(H,24,30)(H,25,29)(H,26,31)(H,32,33). The summed E-state index contributed by atoms with van der Waals surface area (Å²) in [7, 11) is 0. The van der Waals surface area contributed by atoms with Crippen molar-refractivity contribution >= 4 is 47.2 Å². The Labute approximate surface area is 200 Å². The van der Waals surface area contributed by atoms with E-state index in [1.807, 2.05) is 18.2 Å². The van der Waals surface area contributed by atoms with Crippen LogP contribution < -0.4 is 21.7 Å². The number of para-hydroxylation sites is 1. The van der Waals surface area contributed by atoms with Gasteiger partial charge in [0.15, 0.2) is 0 Å². The third kappa shape index (κ3) is 6.93. The molecular weight excluding hydrogens is 466 g/mol. The molecule has 1 aromatic carbocycles. The van der Waals surface area contributed by atoms with E-state index in [1.165, 1.54) is 6.92 Å². The molecule has 2 rings (SSSR count). The van der Waals surface area contributed by atoms with Gasteiger partial charge in [-0.2, -0.15) is 12.6 Å². The Kier molecular flexibility index (Phi) is 9.86. The third-order valence-corrected chi connectivity index (χ3v) is 5.53. The minimum absolute atomic E-state index is 0.0141. The number of benzene rings is 1. The molecule has 5 atom stereocenters. The lowest BCUT2D eigenvalue weighted by Crippen LogP contribution is -2.59. The number of thiol groups is 1. The molecule has 5 unspecified atom stereocenters. The van der Waals surface area contributed by atoms with Gasteiger partial charge in [-0.05, 0) is 18.6 Å². The van der Waals surface area contributed by atoms with Crippen LogP contribution >= 0.6 is 12.6 Å². The van der Waals surface area contributed by atoms with Crippen LogP contribution in [0.2, 0.25) is 0 Å². The molecule has 0 radical (unpaired) electrons. The van der Waals surface area contributed by atoms with Gasteiger partial charge in [-0.3, -0.25) is 14.4 Å². The summed E-state index contributed by atoms with van der Waals surface area (Å²) in [6.45, 7) is 0.475. The van der Waals surface area contributed by atoms with Gasteiger partial charge in [0.25, 0.3) is 0 Å². The van der Waals surface area contributed by atoms with Crippen LogP contribution in [0.5, 0.6) is 0 Å². The molecule has 0 aliphatic rings. The van der Waals surface area contributed by atoms with Gasteiger partial charge in [0.2, 0.25) is 17.7 Å². The number of hydrogen-bond donors (Lipinski definition) is 9. The molecule has 34 heavy (non-hydrogen) atoms. The Hall–Kier alpha value is -3.13. The van der Waals surface area contributed by atoms with Gasteiger partial charge in [-0.25, -0.2) is 4.79 Å². The van der Waals surface area contributed by atoms with Gasteiger partial charge in [0, 0.05) is 29.3 Å². The summed E-state index contributed by atoms with van der Waals surface area (Å²) in [5.41, 5.74) is 7.06. The van der Waals surface area contributed by atoms with Gasteiger partial charge >= 0.3 is 5.97 Å². The molecule has 0 aliphatic carbocycles. The molecule has 0 saturated carbocycles. The number of nitrogens with one attached hydrogen (secondary N) is 4. The molecule has 1 aromatic heterocycles. The number of rotatable bonds is 12. The first-order valence-electron chi connectivity index (χ1n) is 10.4. The fourth-order valence-corrected chi connectivity index (χ4v) is 3.40. The lowest BCUT2D eigenvalue weighted by Gasteiger charge is -2.24. The smallest absolute Gasteiger partial charge is 0.328 e. The summed E-state index contributed by atoms with van der Waals surface area (Å²) in [6, 6.07) is 2.00. The number of H-pyrrole nitrogens is 1. The number of carboxylic acid groups (broad SMARTS) is 1. The summed E-state index contributed by atoms with van der Waals surface area (Å²) in [6.07, 6.45) is 0.493.